The average molecular weight is 196 g/mol. The minimum Gasteiger partial charge on any atom is -0.396 e. The van der Waals surface area contributed by atoms with Gasteiger partial charge in [0, 0.05) is 19.4 Å². The van der Waals surface area contributed by atoms with Gasteiger partial charge in [0.15, 0.2) is 0 Å². The number of hydrogen-bond acceptors (Lipinski definition) is 2. The van der Waals surface area contributed by atoms with Crippen LogP contribution in [0.25, 0.3) is 0 Å². The van der Waals surface area contributed by atoms with Crippen molar-refractivity contribution in [3.05, 3.63) is 35.6 Å². The van der Waals surface area contributed by atoms with Crippen molar-refractivity contribution in [2.75, 3.05) is 6.61 Å². The number of hydrogen-bond donors (Lipinski definition) is 1. The average Bonchev–Trinajstić information content (AvgIpc) is 2.18. The number of carbonyl (C=O) groups excluding carboxylic acids is 1. The Morgan fingerprint density at radius 1 is 1.36 bits per heavy atom. The molecule has 0 spiro atoms. The van der Waals surface area contributed by atoms with Crippen molar-refractivity contribution in [2.24, 2.45) is 0 Å². The zero-order valence-electron chi connectivity index (χ0n) is 7.87. The molecule has 0 aliphatic heterocycles. The Balaban J connectivity index is 2.52. The number of carbonyl (C=O) groups is 1. The highest BCUT2D eigenvalue weighted by Crippen LogP contribution is 2.08. The molecule has 0 radical (unpaired) electrons. The zero-order chi connectivity index (χ0) is 10.4. The van der Waals surface area contributed by atoms with E-state index < -0.39 is 0 Å². The maximum absolute atomic E-state index is 13.1. The third-order valence-corrected chi connectivity index (χ3v) is 1.96. The van der Waals surface area contributed by atoms with E-state index in [1.807, 2.05) is 0 Å². The molecule has 3 heteroatoms. The lowest BCUT2D eigenvalue weighted by Gasteiger charge is -2.01. The fourth-order valence-electron chi connectivity index (χ4n) is 1.22. The summed E-state index contributed by atoms with van der Waals surface area (Å²) in [5.74, 6) is -0.381. The first-order chi connectivity index (χ1) is 6.74. The van der Waals surface area contributed by atoms with Crippen molar-refractivity contribution in [1.82, 2.24) is 0 Å². The fourth-order valence-corrected chi connectivity index (χ4v) is 1.22. The molecule has 1 aromatic rings. The summed E-state index contributed by atoms with van der Waals surface area (Å²) in [6.45, 7) is 0.00299. The Bertz CT molecular complexity index is 310. The third kappa shape index (κ3) is 3.26. The van der Waals surface area contributed by atoms with Gasteiger partial charge in [-0.3, -0.25) is 4.79 Å². The van der Waals surface area contributed by atoms with Crippen LogP contribution in [0.2, 0.25) is 0 Å². The van der Waals surface area contributed by atoms with Gasteiger partial charge < -0.3 is 5.11 Å². The van der Waals surface area contributed by atoms with E-state index in [4.69, 9.17) is 5.11 Å². The molecular formula is C11H13FO2. The maximum Gasteiger partial charge on any atom is 0.137 e. The van der Waals surface area contributed by atoms with E-state index in [0.717, 1.165) is 0 Å². The van der Waals surface area contributed by atoms with Crippen molar-refractivity contribution in [1.29, 1.82) is 0 Å². The lowest BCUT2D eigenvalue weighted by Crippen LogP contribution is -2.05. The van der Waals surface area contributed by atoms with Crippen LogP contribution >= 0.6 is 0 Å². The molecule has 0 fully saturated rings. The number of rotatable bonds is 5. The summed E-state index contributed by atoms with van der Waals surface area (Å²) in [7, 11) is 0. The van der Waals surface area contributed by atoms with Crippen molar-refractivity contribution in [3.63, 3.8) is 0 Å². The van der Waals surface area contributed by atoms with Crippen LogP contribution in [0.1, 0.15) is 18.4 Å². The first-order valence-electron chi connectivity index (χ1n) is 4.60. The van der Waals surface area contributed by atoms with Gasteiger partial charge in [-0.15, -0.1) is 0 Å². The first-order valence-corrected chi connectivity index (χ1v) is 4.60. The summed E-state index contributed by atoms with van der Waals surface area (Å²) in [5, 5.41) is 8.51. The van der Waals surface area contributed by atoms with Gasteiger partial charge in [-0.1, -0.05) is 18.2 Å². The summed E-state index contributed by atoms with van der Waals surface area (Å²) in [6, 6.07) is 6.25. The van der Waals surface area contributed by atoms with E-state index in [0.29, 0.717) is 18.4 Å². The van der Waals surface area contributed by atoms with Crippen LogP contribution in [0.15, 0.2) is 24.3 Å². The molecule has 2 nitrogen and oxygen atoms in total. The second kappa shape index (κ2) is 5.50. The molecule has 0 saturated carbocycles. The minimum absolute atomic E-state index is 0.00299. The van der Waals surface area contributed by atoms with Gasteiger partial charge >= 0.3 is 0 Å². The molecule has 0 atom stereocenters. The number of benzene rings is 1. The van der Waals surface area contributed by atoms with Crippen LogP contribution in [0.5, 0.6) is 0 Å². The van der Waals surface area contributed by atoms with Gasteiger partial charge in [-0.05, 0) is 18.1 Å². The van der Waals surface area contributed by atoms with Crippen LogP contribution in [-0.2, 0) is 11.2 Å². The van der Waals surface area contributed by atoms with Crippen LogP contribution in [0.4, 0.5) is 4.39 Å². The highest BCUT2D eigenvalue weighted by Gasteiger charge is 2.06. The standard InChI is InChI=1S/C11H13FO2/c12-11-6-2-1-4-9(11)8-10(14)5-3-7-13/h1-2,4,6,13H,3,5,7-8H2. The van der Waals surface area contributed by atoms with E-state index in [1.54, 1.807) is 18.2 Å². The van der Waals surface area contributed by atoms with Gasteiger partial charge in [-0.25, -0.2) is 4.39 Å². The predicted molar refractivity (Wildman–Crippen MR) is 51.4 cm³/mol. The van der Waals surface area contributed by atoms with Crippen LogP contribution < -0.4 is 0 Å². The van der Waals surface area contributed by atoms with Crippen molar-refractivity contribution < 1.29 is 14.3 Å². The summed E-state index contributed by atoms with van der Waals surface area (Å²) in [5.41, 5.74) is 0.426. The number of halogens is 1. The summed E-state index contributed by atoms with van der Waals surface area (Å²) >= 11 is 0. The third-order valence-electron chi connectivity index (χ3n) is 1.96. The number of ketones is 1. The summed E-state index contributed by atoms with van der Waals surface area (Å²) in [4.78, 5) is 11.2. The maximum atomic E-state index is 13.1. The van der Waals surface area contributed by atoms with Gasteiger partial charge in [0.05, 0.1) is 0 Å². The second-order valence-electron chi connectivity index (χ2n) is 3.13. The lowest BCUT2D eigenvalue weighted by atomic mass is 10.1. The molecular weight excluding hydrogens is 183 g/mol. The Labute approximate surface area is 82.4 Å². The van der Waals surface area contributed by atoms with Gasteiger partial charge in [-0.2, -0.15) is 0 Å². The van der Waals surface area contributed by atoms with Crippen molar-refractivity contribution >= 4 is 5.78 Å². The molecule has 0 bridgehead atoms. The van der Waals surface area contributed by atoms with Gasteiger partial charge in [0.1, 0.15) is 11.6 Å². The van der Waals surface area contributed by atoms with E-state index in [2.05, 4.69) is 0 Å². The largest absolute Gasteiger partial charge is 0.396 e. The molecule has 14 heavy (non-hydrogen) atoms. The normalized spacial score (nSPS) is 10.1. The number of Topliss-reactive ketones (excluding diaryl/α,β-unsaturated/α-hetero) is 1. The molecule has 76 valence electrons. The van der Waals surface area contributed by atoms with Crippen LogP contribution in [-0.4, -0.2) is 17.5 Å². The summed E-state index contributed by atoms with van der Waals surface area (Å²) in [6.07, 6.45) is 0.880. The number of aliphatic hydroxyl groups is 1. The Morgan fingerprint density at radius 3 is 2.71 bits per heavy atom. The smallest absolute Gasteiger partial charge is 0.137 e. The monoisotopic (exact) mass is 196 g/mol. The van der Waals surface area contributed by atoms with Crippen molar-refractivity contribution in [3.8, 4) is 0 Å². The molecule has 0 aliphatic carbocycles. The minimum atomic E-state index is -0.343. The van der Waals surface area contributed by atoms with Gasteiger partial charge in [0.25, 0.3) is 0 Å². The molecule has 0 aliphatic rings. The SMILES string of the molecule is O=C(CCCO)Cc1ccccc1F. The van der Waals surface area contributed by atoms with E-state index >= 15 is 0 Å². The van der Waals surface area contributed by atoms with Crippen LogP contribution in [0.3, 0.4) is 0 Å². The molecule has 0 unspecified atom stereocenters. The molecule has 1 N–H and O–H groups in total. The highest BCUT2D eigenvalue weighted by molar-refractivity contribution is 5.80. The van der Waals surface area contributed by atoms with Gasteiger partial charge in [0.2, 0.25) is 0 Å². The Morgan fingerprint density at radius 2 is 2.07 bits per heavy atom. The van der Waals surface area contributed by atoms with Crippen LogP contribution in [0, 0.1) is 5.82 Å². The molecule has 0 amide bonds. The molecule has 1 rings (SSSR count). The number of aliphatic hydroxyl groups excluding tert-OH is 1. The Hall–Kier alpha value is -1.22. The Kier molecular flexibility index (Phi) is 4.26. The zero-order valence-corrected chi connectivity index (χ0v) is 7.87. The van der Waals surface area contributed by atoms with E-state index in [1.165, 1.54) is 6.07 Å². The highest BCUT2D eigenvalue weighted by atomic mass is 19.1. The topological polar surface area (TPSA) is 37.3 Å². The molecule has 0 heterocycles. The summed E-state index contributed by atoms with van der Waals surface area (Å²) < 4.78 is 13.1. The molecule has 0 saturated heterocycles. The van der Waals surface area contributed by atoms with E-state index in [-0.39, 0.29) is 24.6 Å². The quantitative estimate of drug-likeness (QED) is 0.778. The van der Waals surface area contributed by atoms with E-state index in [9.17, 15) is 9.18 Å². The molecule has 0 aromatic heterocycles. The second-order valence-corrected chi connectivity index (χ2v) is 3.13. The predicted octanol–water partition coefficient (Wildman–Crippen LogP) is 1.71. The van der Waals surface area contributed by atoms with Crippen molar-refractivity contribution in [2.45, 2.75) is 19.3 Å². The molecule has 1 aromatic carbocycles. The fraction of sp³-hybridized carbons (Fsp3) is 0.364. The first kappa shape index (κ1) is 10.9. The lowest BCUT2D eigenvalue weighted by molar-refractivity contribution is -0.118.